The number of benzene rings is 1. The minimum atomic E-state index is -0.263. The van der Waals surface area contributed by atoms with Crippen LogP contribution in [0.1, 0.15) is 6.42 Å². The maximum Gasteiger partial charge on any atom is 0.261 e. The molecule has 1 aromatic carbocycles. The van der Waals surface area contributed by atoms with Gasteiger partial charge in [-0.05, 0) is 30.7 Å². The summed E-state index contributed by atoms with van der Waals surface area (Å²) in [7, 11) is 3.48. The van der Waals surface area contributed by atoms with E-state index in [2.05, 4.69) is 4.99 Å². The van der Waals surface area contributed by atoms with Gasteiger partial charge in [-0.2, -0.15) is 4.99 Å². The molecule has 5 nitrogen and oxygen atoms in total. The molecule has 0 aromatic heterocycles. The van der Waals surface area contributed by atoms with E-state index < -0.39 is 0 Å². The average Bonchev–Trinajstić information content (AvgIpc) is 2.80. The quantitative estimate of drug-likeness (QED) is 0.906. The predicted molar refractivity (Wildman–Crippen MR) is 76.9 cm³/mol. The van der Waals surface area contributed by atoms with Gasteiger partial charge >= 0.3 is 0 Å². The number of amidine groups is 1. The van der Waals surface area contributed by atoms with E-state index in [0.717, 1.165) is 11.4 Å². The number of aliphatic hydroxyl groups is 1. The summed E-state index contributed by atoms with van der Waals surface area (Å²) in [6, 6.07) is 7.54. The van der Waals surface area contributed by atoms with E-state index in [1.54, 1.807) is 7.11 Å². The first-order chi connectivity index (χ1) is 9.15. The van der Waals surface area contributed by atoms with Crippen molar-refractivity contribution in [3.05, 3.63) is 24.3 Å². The number of aliphatic imine (C=N–C) groups is 1. The maximum absolute atomic E-state index is 11.6. The molecule has 2 rings (SSSR count). The van der Waals surface area contributed by atoms with Gasteiger partial charge in [-0.15, -0.1) is 0 Å². The number of amides is 1. The zero-order chi connectivity index (χ0) is 13.8. The highest BCUT2D eigenvalue weighted by Crippen LogP contribution is 2.29. The smallest absolute Gasteiger partial charge is 0.261 e. The van der Waals surface area contributed by atoms with Gasteiger partial charge in [0.05, 0.1) is 12.4 Å². The lowest BCUT2D eigenvalue weighted by molar-refractivity contribution is -0.117. The van der Waals surface area contributed by atoms with Crippen LogP contribution in [0.5, 0.6) is 5.75 Å². The van der Waals surface area contributed by atoms with E-state index in [0.29, 0.717) is 11.6 Å². The molecular weight excluding hydrogens is 264 g/mol. The van der Waals surface area contributed by atoms with Crippen LogP contribution in [0.2, 0.25) is 0 Å². The van der Waals surface area contributed by atoms with Crippen molar-refractivity contribution in [2.45, 2.75) is 11.7 Å². The van der Waals surface area contributed by atoms with Crippen LogP contribution in [0.4, 0.5) is 5.69 Å². The number of aliphatic hydroxyl groups excluding tert-OH is 1. The normalized spacial score (nSPS) is 18.4. The molecule has 0 saturated carbocycles. The molecule has 19 heavy (non-hydrogen) atoms. The molecule has 1 amide bonds. The van der Waals surface area contributed by atoms with Crippen LogP contribution in [0.25, 0.3) is 0 Å². The summed E-state index contributed by atoms with van der Waals surface area (Å²) in [5.41, 5.74) is 0.935. The zero-order valence-corrected chi connectivity index (χ0v) is 11.7. The van der Waals surface area contributed by atoms with E-state index in [4.69, 9.17) is 9.84 Å². The molecule has 6 heteroatoms. The van der Waals surface area contributed by atoms with Crippen molar-refractivity contribution in [2.75, 3.05) is 25.7 Å². The summed E-state index contributed by atoms with van der Waals surface area (Å²) in [4.78, 5) is 17.5. The third kappa shape index (κ3) is 3.08. The summed E-state index contributed by atoms with van der Waals surface area (Å²) < 4.78 is 5.10. The van der Waals surface area contributed by atoms with Crippen molar-refractivity contribution in [3.63, 3.8) is 0 Å². The molecule has 1 aliphatic heterocycles. The third-order valence-electron chi connectivity index (χ3n) is 2.87. The fraction of sp³-hybridized carbons (Fsp3) is 0.385. The molecule has 1 unspecified atom stereocenters. The Morgan fingerprint density at radius 2 is 2.11 bits per heavy atom. The Hall–Kier alpha value is -1.53. The Morgan fingerprint density at radius 3 is 2.68 bits per heavy atom. The Kier molecular flexibility index (Phi) is 4.44. The van der Waals surface area contributed by atoms with Gasteiger partial charge in [0.2, 0.25) is 0 Å². The first-order valence-corrected chi connectivity index (χ1v) is 6.81. The summed E-state index contributed by atoms with van der Waals surface area (Å²) in [6.45, 7) is -0.00153. The molecule has 1 heterocycles. The SMILES string of the molecule is COc1ccc(N(C)C2=NC(=O)C(CCO)S2)cc1. The van der Waals surface area contributed by atoms with E-state index in [9.17, 15) is 4.79 Å². The standard InChI is InChI=1S/C13H16N2O3S/c1-15(9-3-5-10(18-2)6-4-9)13-14-12(17)11(19-13)7-8-16/h3-6,11,16H,7-8H2,1-2H3. The van der Waals surface area contributed by atoms with Crippen LogP contribution in [0.3, 0.4) is 0 Å². The predicted octanol–water partition coefficient (Wildman–Crippen LogP) is 1.51. The fourth-order valence-electron chi connectivity index (χ4n) is 1.74. The molecule has 0 bridgehead atoms. The lowest BCUT2D eigenvalue weighted by Crippen LogP contribution is -2.22. The summed E-state index contributed by atoms with van der Waals surface area (Å²) in [5.74, 6) is 0.613. The minimum absolute atomic E-state index is 0.00153. The van der Waals surface area contributed by atoms with E-state index in [1.165, 1.54) is 11.8 Å². The number of rotatable bonds is 4. The largest absolute Gasteiger partial charge is 0.497 e. The summed E-state index contributed by atoms with van der Waals surface area (Å²) in [5, 5.41) is 9.30. The van der Waals surface area contributed by atoms with Crippen LogP contribution < -0.4 is 9.64 Å². The number of nitrogens with zero attached hydrogens (tertiary/aromatic N) is 2. The van der Waals surface area contributed by atoms with Gasteiger partial charge in [-0.3, -0.25) is 4.79 Å². The van der Waals surface area contributed by atoms with Gasteiger partial charge in [0.1, 0.15) is 5.75 Å². The number of hydrogen-bond donors (Lipinski definition) is 1. The van der Waals surface area contributed by atoms with Crippen molar-refractivity contribution in [3.8, 4) is 5.75 Å². The van der Waals surface area contributed by atoms with Crippen LogP contribution in [-0.2, 0) is 4.79 Å². The van der Waals surface area contributed by atoms with Crippen molar-refractivity contribution in [2.24, 2.45) is 4.99 Å². The molecular formula is C13H16N2O3S. The van der Waals surface area contributed by atoms with Crippen LogP contribution in [-0.4, -0.2) is 42.2 Å². The fourth-order valence-corrected chi connectivity index (χ4v) is 2.78. The zero-order valence-electron chi connectivity index (χ0n) is 10.9. The van der Waals surface area contributed by atoms with E-state index >= 15 is 0 Å². The lowest BCUT2D eigenvalue weighted by atomic mass is 10.3. The molecule has 0 saturated heterocycles. The van der Waals surface area contributed by atoms with Gasteiger partial charge in [0, 0.05) is 19.3 Å². The first-order valence-electron chi connectivity index (χ1n) is 5.93. The van der Waals surface area contributed by atoms with Crippen molar-refractivity contribution in [1.82, 2.24) is 0 Å². The van der Waals surface area contributed by atoms with Crippen LogP contribution in [0.15, 0.2) is 29.3 Å². The topological polar surface area (TPSA) is 62.1 Å². The number of hydrogen-bond acceptors (Lipinski definition) is 5. The maximum atomic E-state index is 11.6. The van der Waals surface area contributed by atoms with Gasteiger partial charge in [0.15, 0.2) is 5.17 Å². The summed E-state index contributed by atoms with van der Waals surface area (Å²) in [6.07, 6.45) is 0.437. The number of carbonyl (C=O) groups excluding carboxylic acids is 1. The number of methoxy groups -OCH3 is 1. The number of carbonyl (C=O) groups is 1. The van der Waals surface area contributed by atoms with Crippen molar-refractivity contribution >= 4 is 28.5 Å². The Labute approximate surface area is 116 Å². The van der Waals surface area contributed by atoms with Gasteiger partial charge in [-0.1, -0.05) is 11.8 Å². The second-order valence-corrected chi connectivity index (χ2v) is 5.28. The van der Waals surface area contributed by atoms with Crippen molar-refractivity contribution in [1.29, 1.82) is 0 Å². The highest BCUT2D eigenvalue weighted by atomic mass is 32.2. The highest BCUT2D eigenvalue weighted by molar-refractivity contribution is 8.15. The Morgan fingerprint density at radius 1 is 1.42 bits per heavy atom. The van der Waals surface area contributed by atoms with Crippen molar-refractivity contribution < 1.29 is 14.6 Å². The number of thioether (sulfide) groups is 1. The third-order valence-corrected chi connectivity index (χ3v) is 4.16. The molecule has 1 N–H and O–H groups in total. The first kappa shape index (κ1) is 13.9. The Bertz CT molecular complexity index is 487. The summed E-state index contributed by atoms with van der Waals surface area (Å²) >= 11 is 1.39. The van der Waals surface area contributed by atoms with Crippen LogP contribution in [0, 0.1) is 0 Å². The monoisotopic (exact) mass is 280 g/mol. The number of ether oxygens (including phenoxy) is 1. The van der Waals surface area contributed by atoms with E-state index in [-0.39, 0.29) is 17.8 Å². The lowest BCUT2D eigenvalue weighted by Gasteiger charge is -2.18. The molecule has 1 aliphatic rings. The number of anilines is 1. The molecule has 0 radical (unpaired) electrons. The van der Waals surface area contributed by atoms with Gasteiger partial charge in [-0.25, -0.2) is 0 Å². The van der Waals surface area contributed by atoms with Gasteiger partial charge in [0.25, 0.3) is 5.91 Å². The van der Waals surface area contributed by atoms with Gasteiger partial charge < -0.3 is 14.7 Å². The van der Waals surface area contributed by atoms with E-state index in [1.807, 2.05) is 36.2 Å². The minimum Gasteiger partial charge on any atom is -0.497 e. The Balaban J connectivity index is 2.09. The molecule has 0 spiro atoms. The molecule has 1 atom stereocenters. The highest BCUT2D eigenvalue weighted by Gasteiger charge is 2.30. The molecule has 0 fully saturated rings. The molecule has 0 aliphatic carbocycles. The second kappa shape index (κ2) is 6.08. The second-order valence-electron chi connectivity index (χ2n) is 4.11. The molecule has 1 aromatic rings. The average molecular weight is 280 g/mol. The van der Waals surface area contributed by atoms with Crippen LogP contribution >= 0.6 is 11.8 Å². The molecule has 102 valence electrons.